The third-order valence-corrected chi connectivity index (χ3v) is 3.87. The van der Waals surface area contributed by atoms with Gasteiger partial charge in [0, 0.05) is 18.1 Å². The van der Waals surface area contributed by atoms with Gasteiger partial charge in [-0.15, -0.1) is 0 Å². The Labute approximate surface area is 106 Å². The average molecular weight is 234 g/mol. The van der Waals surface area contributed by atoms with Crippen LogP contribution in [-0.4, -0.2) is 31.1 Å². The molecule has 0 aliphatic rings. The predicted molar refractivity (Wildman–Crippen MR) is 75.2 cm³/mol. The molecular weight excluding hydrogens is 208 g/mol. The second-order valence-electron chi connectivity index (χ2n) is 5.26. The van der Waals surface area contributed by atoms with Gasteiger partial charge in [-0.25, -0.2) is 0 Å². The van der Waals surface area contributed by atoms with E-state index in [9.17, 15) is 0 Å². The molecule has 0 fully saturated rings. The van der Waals surface area contributed by atoms with Crippen LogP contribution in [0.4, 0.5) is 0 Å². The van der Waals surface area contributed by atoms with Gasteiger partial charge in [-0.1, -0.05) is 37.3 Å². The lowest BCUT2D eigenvalue weighted by molar-refractivity contribution is 0.0967. The predicted octanol–water partition coefficient (Wildman–Crippen LogP) is 3.07. The summed E-state index contributed by atoms with van der Waals surface area (Å²) in [5.41, 5.74) is 1.60. The highest BCUT2D eigenvalue weighted by molar-refractivity contribution is 5.20. The van der Waals surface area contributed by atoms with Crippen LogP contribution in [0.3, 0.4) is 0 Å². The van der Waals surface area contributed by atoms with Crippen LogP contribution in [0.15, 0.2) is 30.3 Å². The van der Waals surface area contributed by atoms with Gasteiger partial charge in [-0.2, -0.15) is 0 Å². The molecule has 0 amide bonds. The van der Waals surface area contributed by atoms with E-state index >= 15 is 0 Å². The van der Waals surface area contributed by atoms with Gasteiger partial charge in [-0.05, 0) is 39.9 Å². The maximum atomic E-state index is 3.30. The average Bonchev–Trinajstić information content (AvgIpc) is 2.36. The molecule has 96 valence electrons. The van der Waals surface area contributed by atoms with Crippen molar-refractivity contribution < 1.29 is 0 Å². The van der Waals surface area contributed by atoms with E-state index in [2.05, 4.69) is 68.4 Å². The van der Waals surface area contributed by atoms with Crippen LogP contribution in [0.25, 0.3) is 0 Å². The fraction of sp³-hybridized carbons (Fsp3) is 0.600. The van der Waals surface area contributed by atoms with Crippen molar-refractivity contribution >= 4 is 0 Å². The second kappa shape index (κ2) is 6.18. The van der Waals surface area contributed by atoms with Crippen LogP contribution in [0.5, 0.6) is 0 Å². The topological polar surface area (TPSA) is 15.3 Å². The molecule has 2 heteroatoms. The first kappa shape index (κ1) is 14.2. The molecule has 0 heterocycles. The number of benzene rings is 1. The highest BCUT2D eigenvalue weighted by Gasteiger charge is 2.28. The van der Waals surface area contributed by atoms with Crippen molar-refractivity contribution in [3.05, 3.63) is 35.9 Å². The summed E-state index contributed by atoms with van der Waals surface area (Å²) in [6.45, 7) is 7.83. The van der Waals surface area contributed by atoms with E-state index in [1.807, 2.05) is 7.05 Å². The molecular formula is C15H26N2. The van der Waals surface area contributed by atoms with Crippen LogP contribution in [0, 0.1) is 0 Å². The molecule has 0 aromatic heterocycles. The summed E-state index contributed by atoms with van der Waals surface area (Å²) in [5.74, 6) is 0. The lowest BCUT2D eigenvalue weighted by atomic mass is 9.95. The molecule has 1 unspecified atom stereocenters. The number of nitrogens with zero attached hydrogens (tertiary/aromatic N) is 1. The van der Waals surface area contributed by atoms with Crippen molar-refractivity contribution in [1.29, 1.82) is 0 Å². The standard InChI is InChI=1S/C15H26N2/c1-6-15(2,3)17(5)14(12-16-4)13-10-8-7-9-11-13/h7-11,14,16H,6,12H2,1-5H3. The first-order chi connectivity index (χ1) is 8.03. The van der Waals surface area contributed by atoms with E-state index in [-0.39, 0.29) is 5.54 Å². The van der Waals surface area contributed by atoms with Gasteiger partial charge < -0.3 is 5.32 Å². The Morgan fingerprint density at radius 2 is 1.82 bits per heavy atom. The van der Waals surface area contributed by atoms with E-state index in [0.29, 0.717) is 6.04 Å². The summed E-state index contributed by atoms with van der Waals surface area (Å²) < 4.78 is 0. The normalized spacial score (nSPS) is 14.0. The second-order valence-corrected chi connectivity index (χ2v) is 5.26. The van der Waals surface area contributed by atoms with Crippen molar-refractivity contribution in [3.63, 3.8) is 0 Å². The molecule has 1 atom stereocenters. The third kappa shape index (κ3) is 3.55. The van der Waals surface area contributed by atoms with Crippen LogP contribution < -0.4 is 5.32 Å². The van der Waals surface area contributed by atoms with Gasteiger partial charge in [0.15, 0.2) is 0 Å². The third-order valence-electron chi connectivity index (χ3n) is 3.87. The summed E-state index contributed by atoms with van der Waals surface area (Å²) in [7, 11) is 4.24. The van der Waals surface area contributed by atoms with Gasteiger partial charge in [0.2, 0.25) is 0 Å². The largest absolute Gasteiger partial charge is 0.318 e. The van der Waals surface area contributed by atoms with Crippen molar-refractivity contribution in [2.45, 2.75) is 38.8 Å². The molecule has 0 radical (unpaired) electrons. The summed E-state index contributed by atoms with van der Waals surface area (Å²) >= 11 is 0. The Balaban J connectivity index is 2.94. The first-order valence-corrected chi connectivity index (χ1v) is 6.45. The SMILES string of the molecule is CCC(C)(C)N(C)C(CNC)c1ccccc1. The fourth-order valence-corrected chi connectivity index (χ4v) is 2.02. The van der Waals surface area contributed by atoms with Crippen molar-refractivity contribution in [2.24, 2.45) is 0 Å². The summed E-state index contributed by atoms with van der Waals surface area (Å²) in [6.07, 6.45) is 1.15. The molecule has 1 aromatic carbocycles. The summed E-state index contributed by atoms with van der Waals surface area (Å²) in [4.78, 5) is 2.47. The monoisotopic (exact) mass is 234 g/mol. The summed E-state index contributed by atoms with van der Waals surface area (Å²) in [5, 5.41) is 3.30. The van der Waals surface area contributed by atoms with Crippen LogP contribution in [0.2, 0.25) is 0 Å². The number of nitrogens with one attached hydrogen (secondary N) is 1. The number of likely N-dealkylation sites (N-methyl/N-ethyl adjacent to an activating group) is 2. The van der Waals surface area contributed by atoms with Gasteiger partial charge in [-0.3, -0.25) is 4.90 Å². The molecule has 0 aliphatic carbocycles. The highest BCUT2D eigenvalue weighted by atomic mass is 15.2. The molecule has 2 nitrogen and oxygen atoms in total. The van der Waals surface area contributed by atoms with Gasteiger partial charge in [0.1, 0.15) is 0 Å². The molecule has 0 bridgehead atoms. The molecule has 0 spiro atoms. The summed E-state index contributed by atoms with van der Waals surface area (Å²) in [6, 6.07) is 11.2. The molecule has 0 saturated carbocycles. The van der Waals surface area contributed by atoms with Gasteiger partial charge in [0.05, 0.1) is 0 Å². The Morgan fingerprint density at radius 1 is 1.24 bits per heavy atom. The number of hydrogen-bond acceptors (Lipinski definition) is 2. The zero-order chi connectivity index (χ0) is 12.9. The molecule has 17 heavy (non-hydrogen) atoms. The minimum absolute atomic E-state index is 0.220. The minimum Gasteiger partial charge on any atom is -0.318 e. The minimum atomic E-state index is 0.220. The van der Waals surface area contributed by atoms with Crippen molar-refractivity contribution in [3.8, 4) is 0 Å². The molecule has 1 rings (SSSR count). The van der Waals surface area contributed by atoms with Crippen molar-refractivity contribution in [2.75, 3.05) is 20.6 Å². The van der Waals surface area contributed by atoms with Crippen LogP contribution in [0.1, 0.15) is 38.8 Å². The number of rotatable bonds is 6. The van der Waals surface area contributed by atoms with E-state index in [1.54, 1.807) is 0 Å². The molecule has 1 aromatic rings. The Bertz CT molecular complexity index is 319. The zero-order valence-electron chi connectivity index (χ0n) is 11.8. The number of hydrogen-bond donors (Lipinski definition) is 1. The van der Waals surface area contributed by atoms with Crippen molar-refractivity contribution in [1.82, 2.24) is 10.2 Å². The van der Waals surface area contributed by atoms with E-state index < -0.39 is 0 Å². The van der Waals surface area contributed by atoms with Crippen LogP contribution in [-0.2, 0) is 0 Å². The van der Waals surface area contributed by atoms with Gasteiger partial charge in [0.25, 0.3) is 0 Å². The van der Waals surface area contributed by atoms with E-state index in [0.717, 1.165) is 13.0 Å². The molecule has 1 N–H and O–H groups in total. The Morgan fingerprint density at radius 3 is 2.29 bits per heavy atom. The first-order valence-electron chi connectivity index (χ1n) is 6.45. The van der Waals surface area contributed by atoms with E-state index in [4.69, 9.17) is 0 Å². The Kier molecular flexibility index (Phi) is 5.16. The lowest BCUT2D eigenvalue weighted by Crippen LogP contribution is -2.45. The maximum Gasteiger partial charge on any atom is 0.0474 e. The highest BCUT2D eigenvalue weighted by Crippen LogP contribution is 2.28. The van der Waals surface area contributed by atoms with E-state index in [1.165, 1.54) is 5.56 Å². The lowest BCUT2D eigenvalue weighted by Gasteiger charge is -2.41. The smallest absolute Gasteiger partial charge is 0.0474 e. The quantitative estimate of drug-likeness (QED) is 0.814. The van der Waals surface area contributed by atoms with Crippen LogP contribution >= 0.6 is 0 Å². The molecule has 0 aliphatic heterocycles. The fourth-order valence-electron chi connectivity index (χ4n) is 2.02. The maximum absolute atomic E-state index is 3.30. The van der Waals surface area contributed by atoms with Gasteiger partial charge >= 0.3 is 0 Å². The zero-order valence-corrected chi connectivity index (χ0v) is 11.8. The Hall–Kier alpha value is -0.860. The molecule has 0 saturated heterocycles.